The van der Waals surface area contributed by atoms with Crippen LogP contribution in [0.3, 0.4) is 0 Å². The topological polar surface area (TPSA) is 97.2 Å². The van der Waals surface area contributed by atoms with Gasteiger partial charge in [0.2, 0.25) is 0 Å². The lowest BCUT2D eigenvalue weighted by Crippen LogP contribution is -2.29. The Kier molecular flexibility index (Phi) is 7.02. The Hall–Kier alpha value is -4.53. The second-order valence-corrected chi connectivity index (χ2v) is 10.8. The van der Waals surface area contributed by atoms with Gasteiger partial charge in [0.25, 0.3) is 0 Å². The number of hydrogen-bond donors (Lipinski definition) is 2. The van der Waals surface area contributed by atoms with Gasteiger partial charge in [0.15, 0.2) is 0 Å². The minimum absolute atomic E-state index is 0.0533. The van der Waals surface area contributed by atoms with Crippen molar-refractivity contribution in [3.05, 3.63) is 77.3 Å². The van der Waals surface area contributed by atoms with E-state index in [4.69, 9.17) is 4.74 Å². The van der Waals surface area contributed by atoms with Gasteiger partial charge in [-0.2, -0.15) is 5.10 Å². The molecule has 1 aliphatic heterocycles. The van der Waals surface area contributed by atoms with Crippen molar-refractivity contribution in [2.24, 2.45) is 0 Å². The summed E-state index contributed by atoms with van der Waals surface area (Å²) in [4.78, 5) is 23.8. The van der Waals surface area contributed by atoms with Crippen molar-refractivity contribution < 1.29 is 13.9 Å². The summed E-state index contributed by atoms with van der Waals surface area (Å²) in [6.07, 6.45) is 3.45. The van der Waals surface area contributed by atoms with Gasteiger partial charge < -0.3 is 15.0 Å². The molecule has 0 bridgehead atoms. The molecule has 11 heteroatoms. The van der Waals surface area contributed by atoms with E-state index in [-0.39, 0.29) is 24.1 Å². The van der Waals surface area contributed by atoms with Crippen molar-refractivity contribution in [2.75, 3.05) is 26.0 Å². The molecule has 1 fully saturated rings. The summed E-state index contributed by atoms with van der Waals surface area (Å²) >= 11 is 1.50. The highest BCUT2D eigenvalue weighted by atomic mass is 32.1. The van der Waals surface area contributed by atoms with Crippen LogP contribution in [-0.2, 0) is 11.3 Å². The molecule has 2 atom stereocenters. The monoisotopic (exact) mass is 555 g/mol. The predicted octanol–water partition coefficient (Wildman–Crippen LogP) is 4.75. The zero-order valence-electron chi connectivity index (χ0n) is 21.9. The largest absolute Gasteiger partial charge is 0.445 e. The van der Waals surface area contributed by atoms with Crippen LogP contribution in [0.15, 0.2) is 61.1 Å². The van der Waals surface area contributed by atoms with Crippen LogP contribution in [0.2, 0.25) is 0 Å². The fraction of sp³-hybridized carbons (Fsp3) is 0.241. The molecule has 0 saturated carbocycles. The lowest BCUT2D eigenvalue weighted by Gasteiger charge is -2.15. The van der Waals surface area contributed by atoms with Crippen LogP contribution in [0.25, 0.3) is 21.1 Å². The molecule has 3 aromatic heterocycles. The van der Waals surface area contributed by atoms with Gasteiger partial charge in [-0.3, -0.25) is 10.00 Å². The van der Waals surface area contributed by atoms with Gasteiger partial charge in [-0.05, 0) is 42.0 Å². The van der Waals surface area contributed by atoms with Crippen LogP contribution in [0.4, 0.5) is 20.7 Å². The average molecular weight is 556 g/mol. The molecule has 4 heterocycles. The van der Waals surface area contributed by atoms with E-state index in [0.717, 1.165) is 37.2 Å². The van der Waals surface area contributed by atoms with Crippen molar-refractivity contribution >= 4 is 50.1 Å². The number of carbonyl (C=O) groups excluding carboxylic acids is 1. The minimum atomic E-state index is -0.347. The second kappa shape index (κ2) is 10.9. The number of fused-ring (bicyclic) bond motifs is 2. The molecule has 202 valence electrons. The number of nitrogens with one attached hydrogen (secondary N) is 2. The number of amides is 1. The third-order valence-corrected chi connectivity index (χ3v) is 7.51. The number of rotatable bonds is 5. The summed E-state index contributed by atoms with van der Waals surface area (Å²) in [5, 5.41) is 13.0. The van der Waals surface area contributed by atoms with Crippen LogP contribution in [0.1, 0.15) is 16.9 Å². The second-order valence-electron chi connectivity index (χ2n) is 9.75. The third-order valence-electron chi connectivity index (χ3n) is 6.55. The Balaban J connectivity index is 1.16. The molecule has 2 aromatic carbocycles. The van der Waals surface area contributed by atoms with Crippen LogP contribution in [0.5, 0.6) is 0 Å². The lowest BCUT2D eigenvalue weighted by atomic mass is 10.2. The summed E-state index contributed by atoms with van der Waals surface area (Å²) in [6, 6.07) is 14.5. The van der Waals surface area contributed by atoms with Crippen molar-refractivity contribution in [2.45, 2.75) is 25.1 Å². The number of thiophene rings is 1. The Morgan fingerprint density at radius 3 is 3.00 bits per heavy atom. The summed E-state index contributed by atoms with van der Waals surface area (Å²) < 4.78 is 20.9. The first-order valence-electron chi connectivity index (χ1n) is 12.8. The fourth-order valence-corrected chi connectivity index (χ4v) is 5.42. The highest BCUT2D eigenvalue weighted by Gasteiger charge is 2.26. The molecule has 0 radical (unpaired) electrons. The molecule has 6 rings (SSSR count). The molecule has 5 aromatic rings. The smallest absolute Gasteiger partial charge is 0.409 e. The number of hydrogen-bond acceptors (Lipinski definition) is 8. The maximum absolute atomic E-state index is 13.6. The van der Waals surface area contributed by atoms with Gasteiger partial charge in [0.05, 0.1) is 34.6 Å². The summed E-state index contributed by atoms with van der Waals surface area (Å²) in [6.45, 7) is 1.07. The van der Waals surface area contributed by atoms with Gasteiger partial charge in [0.1, 0.15) is 28.9 Å². The van der Waals surface area contributed by atoms with Crippen molar-refractivity contribution in [3.63, 3.8) is 0 Å². The first-order valence-corrected chi connectivity index (χ1v) is 13.6. The molecule has 0 spiro atoms. The Morgan fingerprint density at radius 2 is 2.15 bits per heavy atom. The summed E-state index contributed by atoms with van der Waals surface area (Å²) in [5.41, 5.74) is 2.67. The number of halogens is 1. The van der Waals surface area contributed by atoms with Crippen molar-refractivity contribution in [1.82, 2.24) is 30.0 Å². The quantitative estimate of drug-likeness (QED) is 0.302. The predicted molar refractivity (Wildman–Crippen MR) is 153 cm³/mol. The minimum Gasteiger partial charge on any atom is -0.445 e. The zero-order chi connectivity index (χ0) is 27.6. The summed E-state index contributed by atoms with van der Waals surface area (Å²) in [5.74, 6) is 6.92. The third kappa shape index (κ3) is 5.59. The van der Waals surface area contributed by atoms with Gasteiger partial charge in [-0.15, -0.1) is 11.3 Å². The molecule has 0 unspecified atom stereocenters. The average Bonchev–Trinajstić information content (AvgIpc) is 3.66. The van der Waals surface area contributed by atoms with E-state index in [1.54, 1.807) is 26.4 Å². The maximum atomic E-state index is 13.6. The molecule has 40 heavy (non-hydrogen) atoms. The Bertz CT molecular complexity index is 1770. The fourth-order valence-electron chi connectivity index (χ4n) is 4.56. The van der Waals surface area contributed by atoms with E-state index < -0.39 is 0 Å². The highest BCUT2D eigenvalue weighted by Crippen LogP contribution is 2.30. The number of carbonyl (C=O) groups is 1. The van der Waals surface area contributed by atoms with Gasteiger partial charge in [-0.25, -0.2) is 19.2 Å². The molecular formula is C29H26FN7O2S. The standard InChI is InChI=1S/C29H26FN7O2S/c1-36(2)29(38)39-23-12-21(31-15-23)6-8-24-13-25-27(32-17-33-28(25)40-24)35-22-7-9-26-19(11-22)14-34-37(26)16-18-4-3-5-20(30)10-18/h3-5,7,9-11,13-14,17,21,23,31H,12,15-16H2,1-2H3,(H,32,33,35)/t21-,23-/m0/s1. The molecule has 9 nitrogen and oxygen atoms in total. The number of nitrogens with zero attached hydrogens (tertiary/aromatic N) is 5. The first-order chi connectivity index (χ1) is 19.4. The Morgan fingerprint density at radius 1 is 1.25 bits per heavy atom. The SMILES string of the molecule is CN(C)C(=O)O[C@@H]1CN[C@@H](C#Cc2cc3c(Nc4ccc5c(cnn5Cc5cccc(F)c5)c4)ncnc3s2)C1. The maximum Gasteiger partial charge on any atom is 0.409 e. The molecule has 2 N–H and O–H groups in total. The number of anilines is 2. The van der Waals surface area contributed by atoms with E-state index in [1.165, 1.54) is 34.7 Å². The molecule has 1 amide bonds. The zero-order valence-corrected chi connectivity index (χ0v) is 22.7. The van der Waals surface area contributed by atoms with Gasteiger partial charge in [-0.1, -0.05) is 24.0 Å². The van der Waals surface area contributed by atoms with Crippen LogP contribution < -0.4 is 10.6 Å². The van der Waals surface area contributed by atoms with E-state index in [9.17, 15) is 9.18 Å². The van der Waals surface area contributed by atoms with E-state index in [0.29, 0.717) is 25.3 Å². The van der Waals surface area contributed by atoms with Gasteiger partial charge in [0, 0.05) is 38.1 Å². The van der Waals surface area contributed by atoms with E-state index in [1.807, 2.05) is 35.0 Å². The molecule has 1 aliphatic rings. The number of aromatic nitrogens is 4. The van der Waals surface area contributed by atoms with Crippen LogP contribution >= 0.6 is 11.3 Å². The van der Waals surface area contributed by atoms with Crippen LogP contribution in [-0.4, -0.2) is 63.5 Å². The first kappa shape index (κ1) is 25.7. The number of benzene rings is 2. The summed E-state index contributed by atoms with van der Waals surface area (Å²) in [7, 11) is 3.33. The molecule has 1 saturated heterocycles. The Labute approximate surface area is 234 Å². The highest BCUT2D eigenvalue weighted by molar-refractivity contribution is 7.19. The van der Waals surface area contributed by atoms with Crippen LogP contribution in [0, 0.1) is 17.7 Å². The normalized spacial score (nSPS) is 16.6. The molecular weight excluding hydrogens is 529 g/mol. The van der Waals surface area contributed by atoms with E-state index >= 15 is 0 Å². The lowest BCUT2D eigenvalue weighted by molar-refractivity contribution is 0.0826. The molecule has 0 aliphatic carbocycles. The van der Waals surface area contributed by atoms with Gasteiger partial charge >= 0.3 is 6.09 Å². The van der Waals surface area contributed by atoms with Crippen molar-refractivity contribution in [1.29, 1.82) is 0 Å². The van der Waals surface area contributed by atoms with E-state index in [2.05, 4.69) is 37.5 Å². The van der Waals surface area contributed by atoms with Crippen molar-refractivity contribution in [3.8, 4) is 11.8 Å². The number of ether oxygens (including phenoxy) is 1.